The van der Waals surface area contributed by atoms with E-state index in [0.29, 0.717) is 11.4 Å². The molecule has 1 atom stereocenters. The van der Waals surface area contributed by atoms with Gasteiger partial charge in [0, 0.05) is 10.9 Å². The van der Waals surface area contributed by atoms with Crippen molar-refractivity contribution in [3.8, 4) is 5.75 Å². The Balaban J connectivity index is 1.91. The molecule has 0 amide bonds. The van der Waals surface area contributed by atoms with Crippen LogP contribution in [-0.4, -0.2) is 13.9 Å². The van der Waals surface area contributed by atoms with Crippen molar-refractivity contribution in [2.75, 3.05) is 0 Å². The van der Waals surface area contributed by atoms with Crippen molar-refractivity contribution in [1.29, 1.82) is 0 Å². The van der Waals surface area contributed by atoms with Crippen LogP contribution in [0.25, 0.3) is 0 Å². The molecule has 0 spiro atoms. The third-order valence-electron chi connectivity index (χ3n) is 4.60. The molecule has 0 radical (unpaired) electrons. The van der Waals surface area contributed by atoms with E-state index in [-0.39, 0.29) is 5.92 Å². The van der Waals surface area contributed by atoms with Crippen molar-refractivity contribution in [2.45, 2.75) is 24.8 Å². The van der Waals surface area contributed by atoms with E-state index in [1.807, 2.05) is 43.3 Å². The molecular weight excluding hydrogens is 437 g/mol. The smallest absolute Gasteiger partial charge is 0.376 e. The average Bonchev–Trinajstić information content (AvgIpc) is 2.68. The van der Waals surface area contributed by atoms with Gasteiger partial charge in [0.15, 0.2) is 0 Å². The maximum absolute atomic E-state index is 12.5. The lowest BCUT2D eigenvalue weighted by atomic mass is 9.85. The maximum atomic E-state index is 12.5. The first kappa shape index (κ1) is 22.2. The van der Waals surface area contributed by atoms with Crippen molar-refractivity contribution in [2.24, 2.45) is 0 Å². The molecule has 3 nitrogen and oxygen atoms in total. The van der Waals surface area contributed by atoms with E-state index in [2.05, 4.69) is 4.18 Å². The Labute approximate surface area is 178 Å². The lowest BCUT2D eigenvalue weighted by Gasteiger charge is -2.19. The highest BCUT2D eigenvalue weighted by Gasteiger charge is 2.48. The maximum Gasteiger partial charge on any atom is 0.534 e. The first-order valence-corrected chi connectivity index (χ1v) is 10.8. The molecule has 0 aliphatic carbocycles. The fourth-order valence-electron chi connectivity index (χ4n) is 3.01. The van der Waals surface area contributed by atoms with Crippen molar-refractivity contribution >= 4 is 21.7 Å². The summed E-state index contributed by atoms with van der Waals surface area (Å²) < 4.78 is 64.2. The monoisotopic (exact) mass is 454 g/mol. The standard InChI is InChI=1S/C22H18ClF3O3S/c1-15-2-6-17(7-3-15)21(14-16-4-10-19(23)11-5-16)18-8-12-20(13-9-18)29-30(27,28)22(24,25)26/h2-13,21H,14H2,1H3. The summed E-state index contributed by atoms with van der Waals surface area (Å²) in [6.07, 6.45) is 0.626. The molecule has 0 aliphatic heterocycles. The number of hydrogen-bond acceptors (Lipinski definition) is 3. The number of benzene rings is 3. The van der Waals surface area contributed by atoms with Gasteiger partial charge in [0.05, 0.1) is 0 Å². The second kappa shape index (κ2) is 8.70. The molecule has 0 heterocycles. The Morgan fingerprint density at radius 3 is 1.87 bits per heavy atom. The second-order valence-corrected chi connectivity index (χ2v) is 8.82. The third-order valence-corrected chi connectivity index (χ3v) is 5.84. The Morgan fingerprint density at radius 1 is 0.867 bits per heavy atom. The van der Waals surface area contributed by atoms with Crippen LogP contribution >= 0.6 is 11.6 Å². The molecule has 0 saturated heterocycles. The minimum Gasteiger partial charge on any atom is -0.376 e. The van der Waals surface area contributed by atoms with Crippen molar-refractivity contribution < 1.29 is 25.8 Å². The van der Waals surface area contributed by atoms with Gasteiger partial charge in [-0.15, -0.1) is 0 Å². The third kappa shape index (κ3) is 5.34. The van der Waals surface area contributed by atoms with Crippen LogP contribution in [0.3, 0.4) is 0 Å². The Morgan fingerprint density at radius 2 is 1.37 bits per heavy atom. The van der Waals surface area contributed by atoms with Crippen LogP contribution in [0.4, 0.5) is 13.2 Å². The van der Waals surface area contributed by atoms with Crippen molar-refractivity contribution in [1.82, 2.24) is 0 Å². The number of halogens is 4. The van der Waals surface area contributed by atoms with Crippen LogP contribution in [0.5, 0.6) is 5.75 Å². The summed E-state index contributed by atoms with van der Waals surface area (Å²) in [7, 11) is -5.71. The van der Waals surface area contributed by atoms with Gasteiger partial charge in [-0.05, 0) is 54.3 Å². The van der Waals surface area contributed by atoms with E-state index >= 15 is 0 Å². The van der Waals surface area contributed by atoms with Gasteiger partial charge in [0.1, 0.15) is 5.75 Å². The van der Waals surface area contributed by atoms with Crippen LogP contribution < -0.4 is 4.18 Å². The van der Waals surface area contributed by atoms with Gasteiger partial charge in [0.2, 0.25) is 0 Å². The molecule has 8 heteroatoms. The molecule has 1 unspecified atom stereocenters. The van der Waals surface area contributed by atoms with E-state index in [0.717, 1.165) is 22.3 Å². The fraction of sp³-hybridized carbons (Fsp3) is 0.182. The molecule has 3 aromatic carbocycles. The van der Waals surface area contributed by atoms with Gasteiger partial charge in [-0.3, -0.25) is 0 Å². The summed E-state index contributed by atoms with van der Waals surface area (Å²) in [6.45, 7) is 1.98. The first-order valence-electron chi connectivity index (χ1n) is 8.97. The lowest BCUT2D eigenvalue weighted by molar-refractivity contribution is -0.0500. The summed E-state index contributed by atoms with van der Waals surface area (Å²) in [5, 5.41) is 0.623. The Hall–Kier alpha value is -2.51. The zero-order valence-electron chi connectivity index (χ0n) is 15.9. The molecule has 3 aromatic rings. The van der Waals surface area contributed by atoms with Gasteiger partial charge in [-0.2, -0.15) is 21.6 Å². The minimum atomic E-state index is -5.71. The topological polar surface area (TPSA) is 43.4 Å². The predicted molar refractivity (Wildman–Crippen MR) is 110 cm³/mol. The number of rotatable bonds is 6. The van der Waals surface area contributed by atoms with Gasteiger partial charge < -0.3 is 4.18 Å². The number of aryl methyl sites for hydroxylation is 1. The predicted octanol–water partition coefficient (Wildman–Crippen LogP) is 6.25. The van der Waals surface area contributed by atoms with E-state index in [9.17, 15) is 21.6 Å². The zero-order chi connectivity index (χ0) is 21.9. The molecule has 158 valence electrons. The summed E-state index contributed by atoms with van der Waals surface area (Å²) in [4.78, 5) is 0. The van der Waals surface area contributed by atoms with Crippen LogP contribution in [0, 0.1) is 6.92 Å². The van der Waals surface area contributed by atoms with E-state index in [1.165, 1.54) is 12.1 Å². The average molecular weight is 455 g/mol. The highest BCUT2D eigenvalue weighted by atomic mass is 35.5. The SMILES string of the molecule is Cc1ccc(C(Cc2ccc(Cl)cc2)c2ccc(OS(=O)(=O)C(F)(F)F)cc2)cc1. The molecule has 0 fully saturated rings. The Kier molecular flexibility index (Phi) is 6.43. The van der Waals surface area contributed by atoms with E-state index in [1.54, 1.807) is 24.3 Å². The molecule has 30 heavy (non-hydrogen) atoms. The van der Waals surface area contributed by atoms with Crippen LogP contribution in [0.1, 0.15) is 28.2 Å². The number of alkyl halides is 3. The van der Waals surface area contributed by atoms with E-state index in [4.69, 9.17) is 11.6 Å². The minimum absolute atomic E-state index is 0.0972. The Bertz CT molecular complexity index is 1090. The van der Waals surface area contributed by atoms with Gasteiger partial charge >= 0.3 is 15.6 Å². The molecule has 0 N–H and O–H groups in total. The molecule has 0 aliphatic rings. The van der Waals surface area contributed by atoms with Gasteiger partial charge in [0.25, 0.3) is 0 Å². The molecule has 0 bridgehead atoms. The largest absolute Gasteiger partial charge is 0.534 e. The van der Waals surface area contributed by atoms with Gasteiger partial charge in [-0.25, -0.2) is 0 Å². The number of hydrogen-bond donors (Lipinski definition) is 0. The summed E-state index contributed by atoms with van der Waals surface area (Å²) in [5.74, 6) is -0.495. The first-order chi connectivity index (χ1) is 14.0. The van der Waals surface area contributed by atoms with Crippen molar-refractivity contribution in [3.05, 3.63) is 100 Å². The second-order valence-electron chi connectivity index (χ2n) is 6.85. The molecular formula is C22H18ClF3O3S. The van der Waals surface area contributed by atoms with Crippen LogP contribution in [-0.2, 0) is 16.5 Å². The normalized spacial score (nSPS) is 13.1. The fourth-order valence-corrected chi connectivity index (χ4v) is 3.60. The van der Waals surface area contributed by atoms with Crippen LogP contribution in [0.2, 0.25) is 5.02 Å². The van der Waals surface area contributed by atoms with Crippen LogP contribution in [0.15, 0.2) is 72.8 Å². The molecule has 0 aromatic heterocycles. The van der Waals surface area contributed by atoms with Gasteiger partial charge in [-0.1, -0.05) is 65.7 Å². The zero-order valence-corrected chi connectivity index (χ0v) is 17.4. The summed E-state index contributed by atoms with van der Waals surface area (Å²) >= 11 is 5.96. The summed E-state index contributed by atoms with van der Waals surface area (Å²) in [5.41, 5.74) is -1.52. The van der Waals surface area contributed by atoms with Crippen molar-refractivity contribution in [3.63, 3.8) is 0 Å². The molecule has 3 rings (SSSR count). The quantitative estimate of drug-likeness (QED) is 0.326. The highest BCUT2D eigenvalue weighted by Crippen LogP contribution is 2.32. The highest BCUT2D eigenvalue weighted by molar-refractivity contribution is 7.88. The lowest BCUT2D eigenvalue weighted by Crippen LogP contribution is -2.28. The molecule has 0 saturated carbocycles. The van der Waals surface area contributed by atoms with E-state index < -0.39 is 21.4 Å². The summed E-state index contributed by atoms with van der Waals surface area (Å²) in [6, 6.07) is 21.0.